The quantitative estimate of drug-likeness (QED) is 0.914. The van der Waals surface area contributed by atoms with Gasteiger partial charge in [0.15, 0.2) is 0 Å². The van der Waals surface area contributed by atoms with Crippen molar-refractivity contribution in [2.24, 2.45) is 0 Å². The molecule has 1 N–H and O–H groups in total. The Balaban J connectivity index is 2.23. The molecule has 0 saturated carbocycles. The molecule has 0 aliphatic rings. The molecule has 1 aromatic heterocycles. The van der Waals surface area contributed by atoms with Gasteiger partial charge < -0.3 is 9.84 Å². The van der Waals surface area contributed by atoms with Gasteiger partial charge in [0.1, 0.15) is 5.82 Å². The minimum absolute atomic E-state index is 0.119. The van der Waals surface area contributed by atoms with Gasteiger partial charge in [0.25, 0.3) is 0 Å². The lowest BCUT2D eigenvalue weighted by Gasteiger charge is -2.05. The average Bonchev–Trinajstić information content (AvgIpc) is 2.88. The maximum absolute atomic E-state index is 13.2. The molecule has 0 fully saturated rings. The standard InChI is InChI=1S/C13H15BrFN3O/c1-3-16-7-8(2)13-17-12(18-19-13)10-6-9(15)4-5-11(10)14/h4-6,8,16H,3,7H2,1-2H3. The highest BCUT2D eigenvalue weighted by Crippen LogP contribution is 2.27. The minimum atomic E-state index is -0.328. The van der Waals surface area contributed by atoms with Crippen LogP contribution >= 0.6 is 15.9 Å². The molecule has 0 aliphatic heterocycles. The summed E-state index contributed by atoms with van der Waals surface area (Å²) in [5, 5.41) is 7.13. The second kappa shape index (κ2) is 6.25. The van der Waals surface area contributed by atoms with Crippen LogP contribution in [0.1, 0.15) is 25.7 Å². The SMILES string of the molecule is CCNCC(C)c1nc(-c2cc(F)ccc2Br)no1. The van der Waals surface area contributed by atoms with Gasteiger partial charge in [-0.2, -0.15) is 4.98 Å². The first-order valence-electron chi connectivity index (χ1n) is 6.11. The van der Waals surface area contributed by atoms with Crippen molar-refractivity contribution in [2.75, 3.05) is 13.1 Å². The van der Waals surface area contributed by atoms with Gasteiger partial charge in [-0.3, -0.25) is 0 Å². The van der Waals surface area contributed by atoms with Crippen LogP contribution in [0, 0.1) is 5.82 Å². The smallest absolute Gasteiger partial charge is 0.231 e. The van der Waals surface area contributed by atoms with Crippen molar-refractivity contribution in [3.63, 3.8) is 0 Å². The highest BCUT2D eigenvalue weighted by Gasteiger charge is 2.16. The van der Waals surface area contributed by atoms with Gasteiger partial charge in [0.2, 0.25) is 11.7 Å². The molecule has 2 aromatic rings. The third-order valence-corrected chi connectivity index (χ3v) is 3.42. The lowest BCUT2D eigenvalue weighted by Crippen LogP contribution is -2.19. The Hall–Kier alpha value is -1.27. The van der Waals surface area contributed by atoms with E-state index in [1.165, 1.54) is 12.1 Å². The van der Waals surface area contributed by atoms with E-state index in [4.69, 9.17) is 4.52 Å². The summed E-state index contributed by atoms with van der Waals surface area (Å²) in [7, 11) is 0. The van der Waals surface area contributed by atoms with Crippen molar-refractivity contribution in [3.05, 3.63) is 34.4 Å². The van der Waals surface area contributed by atoms with E-state index in [1.54, 1.807) is 6.07 Å². The number of halogens is 2. The van der Waals surface area contributed by atoms with Crippen LogP contribution in [0.15, 0.2) is 27.2 Å². The van der Waals surface area contributed by atoms with Gasteiger partial charge in [-0.25, -0.2) is 4.39 Å². The Morgan fingerprint density at radius 2 is 2.26 bits per heavy atom. The highest BCUT2D eigenvalue weighted by molar-refractivity contribution is 9.10. The molecule has 1 atom stereocenters. The van der Waals surface area contributed by atoms with Gasteiger partial charge in [-0.05, 0) is 24.7 Å². The van der Waals surface area contributed by atoms with Crippen molar-refractivity contribution in [1.82, 2.24) is 15.5 Å². The van der Waals surface area contributed by atoms with Crippen LogP contribution < -0.4 is 5.32 Å². The second-order valence-electron chi connectivity index (χ2n) is 4.29. The van der Waals surface area contributed by atoms with Gasteiger partial charge in [-0.15, -0.1) is 0 Å². The first kappa shape index (κ1) is 14.1. The zero-order valence-electron chi connectivity index (χ0n) is 10.8. The van der Waals surface area contributed by atoms with Crippen LogP contribution in [0.3, 0.4) is 0 Å². The molecule has 0 spiro atoms. The summed E-state index contributed by atoms with van der Waals surface area (Å²) in [6, 6.07) is 4.39. The van der Waals surface area contributed by atoms with Crippen LogP contribution in [0.4, 0.5) is 4.39 Å². The molecule has 0 aliphatic carbocycles. The highest BCUT2D eigenvalue weighted by atomic mass is 79.9. The summed E-state index contributed by atoms with van der Waals surface area (Å²) in [5.41, 5.74) is 0.589. The molecule has 0 bridgehead atoms. The Bertz CT molecular complexity index is 559. The second-order valence-corrected chi connectivity index (χ2v) is 5.14. The maximum Gasteiger partial charge on any atom is 0.231 e. The topological polar surface area (TPSA) is 51.0 Å². The maximum atomic E-state index is 13.2. The van der Waals surface area contributed by atoms with Gasteiger partial charge in [0.05, 0.1) is 0 Å². The number of rotatable bonds is 5. The Morgan fingerprint density at radius 1 is 1.47 bits per heavy atom. The number of hydrogen-bond donors (Lipinski definition) is 1. The van der Waals surface area contributed by atoms with E-state index >= 15 is 0 Å². The number of nitrogens with zero attached hydrogens (tertiary/aromatic N) is 2. The lowest BCUT2D eigenvalue weighted by atomic mass is 10.2. The third kappa shape index (κ3) is 3.39. The number of likely N-dealkylation sites (N-methyl/N-ethyl adjacent to an activating group) is 1. The fourth-order valence-corrected chi connectivity index (χ4v) is 2.09. The van der Waals surface area contributed by atoms with Crippen molar-refractivity contribution in [1.29, 1.82) is 0 Å². The summed E-state index contributed by atoms with van der Waals surface area (Å²) in [4.78, 5) is 4.32. The van der Waals surface area contributed by atoms with E-state index in [0.717, 1.165) is 17.6 Å². The Labute approximate surface area is 119 Å². The summed E-state index contributed by atoms with van der Waals surface area (Å²) < 4.78 is 19.2. The zero-order chi connectivity index (χ0) is 13.8. The van der Waals surface area contributed by atoms with E-state index in [-0.39, 0.29) is 11.7 Å². The lowest BCUT2D eigenvalue weighted by molar-refractivity contribution is 0.355. The molecule has 1 aromatic carbocycles. The fourth-order valence-electron chi connectivity index (χ4n) is 1.66. The molecule has 0 radical (unpaired) electrons. The summed E-state index contributed by atoms with van der Waals surface area (Å²) in [6.45, 7) is 5.69. The van der Waals surface area contributed by atoms with Crippen molar-refractivity contribution in [2.45, 2.75) is 19.8 Å². The largest absolute Gasteiger partial charge is 0.339 e. The number of nitrogens with one attached hydrogen (secondary N) is 1. The molecule has 1 unspecified atom stereocenters. The number of aromatic nitrogens is 2. The average molecular weight is 328 g/mol. The van der Waals surface area contributed by atoms with Crippen molar-refractivity contribution < 1.29 is 8.91 Å². The molecular weight excluding hydrogens is 313 g/mol. The van der Waals surface area contributed by atoms with E-state index in [9.17, 15) is 4.39 Å². The first-order valence-corrected chi connectivity index (χ1v) is 6.91. The Kier molecular flexibility index (Phi) is 4.66. The molecule has 6 heteroatoms. The molecule has 0 amide bonds. The monoisotopic (exact) mass is 327 g/mol. The van der Waals surface area contributed by atoms with E-state index < -0.39 is 0 Å². The predicted molar refractivity (Wildman–Crippen MR) is 74.4 cm³/mol. The summed E-state index contributed by atoms with van der Waals surface area (Å²) in [6.07, 6.45) is 0. The summed E-state index contributed by atoms with van der Waals surface area (Å²) >= 11 is 3.35. The molecule has 2 rings (SSSR count). The van der Waals surface area contributed by atoms with Crippen LogP contribution in [0.5, 0.6) is 0 Å². The molecule has 4 nitrogen and oxygen atoms in total. The van der Waals surface area contributed by atoms with Crippen molar-refractivity contribution >= 4 is 15.9 Å². The van der Waals surface area contributed by atoms with Crippen LogP contribution in [0.25, 0.3) is 11.4 Å². The molecule has 102 valence electrons. The predicted octanol–water partition coefficient (Wildman–Crippen LogP) is 3.35. The van der Waals surface area contributed by atoms with Crippen LogP contribution in [-0.2, 0) is 0 Å². The number of hydrogen-bond acceptors (Lipinski definition) is 4. The van der Waals surface area contributed by atoms with Crippen molar-refractivity contribution in [3.8, 4) is 11.4 Å². The van der Waals surface area contributed by atoms with Crippen LogP contribution in [0.2, 0.25) is 0 Å². The third-order valence-electron chi connectivity index (χ3n) is 2.73. The van der Waals surface area contributed by atoms with E-state index in [1.807, 2.05) is 13.8 Å². The van der Waals surface area contributed by atoms with E-state index in [2.05, 4.69) is 31.4 Å². The molecule has 1 heterocycles. The fraction of sp³-hybridized carbons (Fsp3) is 0.385. The summed E-state index contributed by atoms with van der Waals surface area (Å²) in [5.74, 6) is 0.732. The Morgan fingerprint density at radius 3 is 3.00 bits per heavy atom. The van der Waals surface area contributed by atoms with Gasteiger partial charge in [-0.1, -0.05) is 34.9 Å². The van der Waals surface area contributed by atoms with Gasteiger partial charge >= 0.3 is 0 Å². The van der Waals surface area contributed by atoms with Gasteiger partial charge in [0, 0.05) is 22.5 Å². The molecular formula is C13H15BrFN3O. The van der Waals surface area contributed by atoms with Crippen LogP contribution in [-0.4, -0.2) is 23.2 Å². The number of benzene rings is 1. The normalized spacial score (nSPS) is 12.6. The molecule has 0 saturated heterocycles. The zero-order valence-corrected chi connectivity index (χ0v) is 12.4. The van der Waals surface area contributed by atoms with E-state index in [0.29, 0.717) is 17.3 Å². The molecule has 19 heavy (non-hydrogen) atoms. The minimum Gasteiger partial charge on any atom is -0.339 e. The first-order chi connectivity index (χ1) is 9.11.